The van der Waals surface area contributed by atoms with E-state index in [0.717, 1.165) is 5.56 Å². The Morgan fingerprint density at radius 2 is 1.82 bits per heavy atom. The second kappa shape index (κ2) is 9.38. The SMILES string of the molecule is CCOc1ccc(N2C(=O)c3c(C(=O)OC)ncn3C[C@@]2(C)C(=O)NCc2ccccc2)cc1. The van der Waals surface area contributed by atoms with Crippen LogP contribution in [0.1, 0.15) is 40.4 Å². The molecule has 1 aliphatic rings. The van der Waals surface area contributed by atoms with Gasteiger partial charge in [-0.1, -0.05) is 30.3 Å². The van der Waals surface area contributed by atoms with Crippen molar-refractivity contribution in [2.75, 3.05) is 18.6 Å². The minimum Gasteiger partial charge on any atom is -0.494 e. The lowest BCUT2D eigenvalue weighted by atomic mass is 9.93. The van der Waals surface area contributed by atoms with E-state index in [2.05, 4.69) is 10.3 Å². The predicted octanol–water partition coefficient (Wildman–Crippen LogP) is 2.80. The molecule has 1 atom stereocenters. The van der Waals surface area contributed by atoms with Crippen molar-refractivity contribution in [1.82, 2.24) is 14.9 Å². The van der Waals surface area contributed by atoms with Gasteiger partial charge in [0.15, 0.2) is 5.69 Å². The lowest BCUT2D eigenvalue weighted by molar-refractivity contribution is -0.126. The molecule has 0 spiro atoms. The molecule has 2 amide bonds. The third kappa shape index (κ3) is 4.12. The molecule has 0 bridgehead atoms. The molecule has 3 aromatic rings. The van der Waals surface area contributed by atoms with Gasteiger partial charge < -0.3 is 19.4 Å². The highest BCUT2D eigenvalue weighted by atomic mass is 16.5. The third-order valence-corrected chi connectivity index (χ3v) is 5.78. The van der Waals surface area contributed by atoms with Crippen LogP contribution in [0.15, 0.2) is 60.9 Å². The number of fused-ring (bicyclic) bond motifs is 1. The minimum atomic E-state index is -1.29. The maximum atomic E-state index is 13.8. The average Bonchev–Trinajstić information content (AvgIpc) is 3.27. The first-order chi connectivity index (χ1) is 16.4. The highest BCUT2D eigenvalue weighted by molar-refractivity contribution is 6.15. The van der Waals surface area contributed by atoms with Crippen LogP contribution in [0, 0.1) is 0 Å². The van der Waals surface area contributed by atoms with E-state index in [9.17, 15) is 14.4 Å². The number of carbonyl (C=O) groups excluding carboxylic acids is 3. The number of hydrogen-bond donors (Lipinski definition) is 1. The van der Waals surface area contributed by atoms with E-state index in [4.69, 9.17) is 9.47 Å². The van der Waals surface area contributed by atoms with E-state index in [0.29, 0.717) is 24.6 Å². The van der Waals surface area contributed by atoms with Crippen molar-refractivity contribution in [3.63, 3.8) is 0 Å². The summed E-state index contributed by atoms with van der Waals surface area (Å²) >= 11 is 0. The molecule has 1 aromatic heterocycles. The van der Waals surface area contributed by atoms with E-state index in [1.165, 1.54) is 22.9 Å². The number of amides is 2. The van der Waals surface area contributed by atoms with Crippen LogP contribution in [0.5, 0.6) is 5.75 Å². The molecule has 0 saturated carbocycles. The molecular weight excluding hydrogens is 436 g/mol. The summed E-state index contributed by atoms with van der Waals surface area (Å²) in [5.74, 6) is -0.930. The quantitative estimate of drug-likeness (QED) is 0.542. The number of nitrogens with one attached hydrogen (secondary N) is 1. The fourth-order valence-corrected chi connectivity index (χ4v) is 4.11. The monoisotopic (exact) mass is 462 g/mol. The second-order valence-corrected chi connectivity index (χ2v) is 8.07. The molecular formula is C25H26N4O5. The van der Waals surface area contributed by atoms with Gasteiger partial charge >= 0.3 is 5.97 Å². The summed E-state index contributed by atoms with van der Waals surface area (Å²) in [4.78, 5) is 45.1. The second-order valence-electron chi connectivity index (χ2n) is 8.07. The standard InChI is InChI=1S/C25H26N4O5/c1-4-34-19-12-10-18(11-13-19)29-22(30)21-20(23(31)33-3)27-16-28(21)15-25(29,2)24(32)26-14-17-8-6-5-7-9-17/h5-13,16H,4,14-15H2,1-3H3,(H,26,32)/t25-/m0/s1. The summed E-state index contributed by atoms with van der Waals surface area (Å²) < 4.78 is 11.8. The number of methoxy groups -OCH3 is 1. The van der Waals surface area contributed by atoms with Gasteiger partial charge in [-0.25, -0.2) is 9.78 Å². The molecule has 1 N–H and O–H groups in total. The van der Waals surface area contributed by atoms with E-state index in [-0.39, 0.29) is 23.8 Å². The molecule has 0 saturated heterocycles. The lowest BCUT2D eigenvalue weighted by Gasteiger charge is -2.43. The first kappa shape index (κ1) is 23.0. The van der Waals surface area contributed by atoms with Crippen LogP contribution in [0.2, 0.25) is 0 Å². The molecule has 34 heavy (non-hydrogen) atoms. The van der Waals surface area contributed by atoms with Gasteiger partial charge in [0.2, 0.25) is 5.91 Å². The summed E-state index contributed by atoms with van der Waals surface area (Å²) in [5, 5.41) is 2.95. The van der Waals surface area contributed by atoms with E-state index < -0.39 is 17.4 Å². The highest BCUT2D eigenvalue weighted by Crippen LogP contribution is 2.34. The van der Waals surface area contributed by atoms with E-state index >= 15 is 0 Å². The molecule has 0 unspecified atom stereocenters. The zero-order valence-electron chi connectivity index (χ0n) is 19.3. The molecule has 0 fully saturated rings. The van der Waals surface area contributed by atoms with Crippen LogP contribution in [0.3, 0.4) is 0 Å². The Morgan fingerprint density at radius 3 is 2.47 bits per heavy atom. The predicted molar refractivity (Wildman–Crippen MR) is 125 cm³/mol. The van der Waals surface area contributed by atoms with Crippen molar-refractivity contribution in [3.8, 4) is 5.75 Å². The van der Waals surface area contributed by atoms with Crippen molar-refractivity contribution >= 4 is 23.5 Å². The molecule has 4 rings (SSSR count). The van der Waals surface area contributed by atoms with Crippen LogP contribution in [0.4, 0.5) is 5.69 Å². The number of esters is 1. The van der Waals surface area contributed by atoms with Crippen molar-refractivity contribution in [2.24, 2.45) is 0 Å². The van der Waals surface area contributed by atoms with Gasteiger partial charge in [-0.2, -0.15) is 0 Å². The van der Waals surface area contributed by atoms with Gasteiger partial charge in [-0.05, 0) is 43.7 Å². The molecule has 9 heteroatoms. The fourth-order valence-electron chi connectivity index (χ4n) is 4.11. The summed E-state index contributed by atoms with van der Waals surface area (Å²) in [7, 11) is 1.23. The summed E-state index contributed by atoms with van der Waals surface area (Å²) in [6.07, 6.45) is 1.39. The summed E-state index contributed by atoms with van der Waals surface area (Å²) in [6.45, 7) is 4.49. The number of nitrogens with zero attached hydrogens (tertiary/aromatic N) is 3. The van der Waals surface area contributed by atoms with Crippen LogP contribution < -0.4 is 15.0 Å². The zero-order chi connectivity index (χ0) is 24.3. The fraction of sp³-hybridized carbons (Fsp3) is 0.280. The Bertz CT molecular complexity index is 1210. The Labute approximate surface area is 197 Å². The topological polar surface area (TPSA) is 103 Å². The zero-order valence-corrected chi connectivity index (χ0v) is 19.3. The summed E-state index contributed by atoms with van der Waals surface area (Å²) in [6, 6.07) is 16.4. The molecule has 2 aromatic carbocycles. The summed E-state index contributed by atoms with van der Waals surface area (Å²) in [5.41, 5.74) is 0.129. The smallest absolute Gasteiger partial charge is 0.359 e. The van der Waals surface area contributed by atoms with Crippen molar-refractivity contribution in [1.29, 1.82) is 0 Å². The number of aromatic nitrogens is 2. The van der Waals surface area contributed by atoms with E-state index in [1.54, 1.807) is 31.2 Å². The van der Waals surface area contributed by atoms with Crippen LogP contribution in [-0.2, 0) is 22.6 Å². The number of rotatable bonds is 7. The van der Waals surface area contributed by atoms with E-state index in [1.807, 2.05) is 37.3 Å². The Balaban J connectivity index is 1.74. The van der Waals surface area contributed by atoms with Crippen LogP contribution >= 0.6 is 0 Å². The van der Waals surface area contributed by atoms with Gasteiger partial charge in [0, 0.05) is 12.2 Å². The van der Waals surface area contributed by atoms with Gasteiger partial charge in [0.25, 0.3) is 5.91 Å². The minimum absolute atomic E-state index is 0.0778. The van der Waals surface area contributed by atoms with Crippen molar-refractivity contribution in [3.05, 3.63) is 77.9 Å². The number of imidazole rings is 1. The maximum Gasteiger partial charge on any atom is 0.359 e. The largest absolute Gasteiger partial charge is 0.494 e. The average molecular weight is 463 g/mol. The molecule has 176 valence electrons. The lowest BCUT2D eigenvalue weighted by Crippen LogP contribution is -2.64. The normalized spacial score (nSPS) is 17.1. The van der Waals surface area contributed by atoms with Crippen LogP contribution in [-0.4, -0.2) is 46.6 Å². The number of hydrogen-bond acceptors (Lipinski definition) is 6. The molecule has 0 aliphatic carbocycles. The van der Waals surface area contributed by atoms with Gasteiger partial charge in [0.05, 0.1) is 26.6 Å². The molecule has 0 radical (unpaired) electrons. The number of ether oxygens (including phenoxy) is 2. The molecule has 2 heterocycles. The van der Waals surface area contributed by atoms with Crippen LogP contribution in [0.25, 0.3) is 0 Å². The maximum absolute atomic E-state index is 13.8. The number of anilines is 1. The number of benzene rings is 2. The van der Waals surface area contributed by atoms with Gasteiger partial charge in [-0.15, -0.1) is 0 Å². The van der Waals surface area contributed by atoms with Gasteiger partial charge in [-0.3, -0.25) is 14.5 Å². The first-order valence-corrected chi connectivity index (χ1v) is 10.9. The first-order valence-electron chi connectivity index (χ1n) is 10.9. The molecule has 9 nitrogen and oxygen atoms in total. The Morgan fingerprint density at radius 1 is 1.12 bits per heavy atom. The Hall–Kier alpha value is -4.14. The Kier molecular flexibility index (Phi) is 6.36. The van der Waals surface area contributed by atoms with Gasteiger partial charge in [0.1, 0.15) is 17.0 Å². The molecule has 1 aliphatic heterocycles. The third-order valence-electron chi connectivity index (χ3n) is 5.78. The highest BCUT2D eigenvalue weighted by Gasteiger charge is 2.49. The number of carbonyl (C=O) groups is 3. The van der Waals surface area contributed by atoms with Crippen molar-refractivity contribution < 1.29 is 23.9 Å². The van der Waals surface area contributed by atoms with Crippen molar-refractivity contribution in [2.45, 2.75) is 32.5 Å².